The zero-order valence-electron chi connectivity index (χ0n) is 31.3. The Kier molecular flexibility index (Phi) is 9.61. The van der Waals surface area contributed by atoms with Crippen LogP contribution >= 0.6 is 0 Å². The molecule has 7 rings (SSSR count). The number of rotatable bonds is 7. The summed E-state index contributed by atoms with van der Waals surface area (Å²) in [6.07, 6.45) is 1.85. The zero-order chi connectivity index (χ0) is 35.6. The van der Waals surface area contributed by atoms with Gasteiger partial charge in [-0.3, -0.25) is 4.99 Å². The van der Waals surface area contributed by atoms with Gasteiger partial charge in [-0.1, -0.05) is 115 Å². The van der Waals surface area contributed by atoms with E-state index in [-0.39, 0.29) is 38.3 Å². The van der Waals surface area contributed by atoms with Gasteiger partial charge in [-0.2, -0.15) is 5.56 Å². The van der Waals surface area contributed by atoms with Crippen LogP contribution in [0.1, 0.15) is 96.0 Å². The molecule has 0 amide bonds. The smallest absolute Gasteiger partial charge is 0.508 e. The van der Waals surface area contributed by atoms with Crippen molar-refractivity contribution >= 4 is 27.8 Å². The molecule has 0 bridgehead atoms. The zero-order valence-corrected chi connectivity index (χ0v) is 33.6. The summed E-state index contributed by atoms with van der Waals surface area (Å²) in [4.78, 5) is 10.1. The van der Waals surface area contributed by atoms with E-state index in [0.29, 0.717) is 17.4 Å². The Morgan fingerprint density at radius 3 is 2.24 bits per heavy atom. The summed E-state index contributed by atoms with van der Waals surface area (Å²) in [6.45, 7) is 22.0. The number of aliphatic imine (C=N–C) groups is 1. The molecule has 2 atom stereocenters. The van der Waals surface area contributed by atoms with Crippen LogP contribution in [0.25, 0.3) is 27.6 Å². The first-order valence-corrected chi connectivity index (χ1v) is 17.7. The molecule has 4 aromatic carbocycles. The SMILES string of the molecule is Cc1cc(Oc2[c-]c(C3=N[C@](C)(C(C)C)[C@@](C)(c4ccccc4)O3)cc(C(C)C)c2)[c-]c(-n2c3ccc(C(C)(C)C)cc3c3cccnc32)c1.[Pt+2]. The number of fused-ring (bicyclic) bond motifs is 3. The van der Waals surface area contributed by atoms with Gasteiger partial charge in [0, 0.05) is 28.5 Å². The molecule has 0 spiro atoms. The summed E-state index contributed by atoms with van der Waals surface area (Å²) in [5, 5.41) is 2.29. The molecule has 3 heterocycles. The van der Waals surface area contributed by atoms with Crippen molar-refractivity contribution in [2.24, 2.45) is 10.9 Å². The summed E-state index contributed by atoms with van der Waals surface area (Å²) in [6, 6.07) is 36.8. The maximum absolute atomic E-state index is 6.88. The van der Waals surface area contributed by atoms with E-state index in [1.54, 1.807) is 0 Å². The fourth-order valence-electron chi connectivity index (χ4n) is 7.12. The van der Waals surface area contributed by atoms with Crippen molar-refractivity contribution in [3.63, 3.8) is 0 Å². The van der Waals surface area contributed by atoms with E-state index in [4.69, 9.17) is 19.5 Å². The van der Waals surface area contributed by atoms with Gasteiger partial charge in [0.15, 0.2) is 0 Å². The fraction of sp³-hybridized carbons (Fsp3) is 0.333. The Labute approximate surface area is 317 Å². The molecule has 51 heavy (non-hydrogen) atoms. The molecule has 0 radical (unpaired) electrons. The molecule has 0 fully saturated rings. The molecule has 0 unspecified atom stereocenters. The first-order valence-electron chi connectivity index (χ1n) is 17.7. The Hall–Kier alpha value is -4.21. The molecule has 0 N–H and O–H groups in total. The number of nitrogens with zero attached hydrogens (tertiary/aromatic N) is 3. The average molecular weight is 857 g/mol. The third kappa shape index (κ3) is 6.44. The van der Waals surface area contributed by atoms with E-state index in [0.717, 1.165) is 44.5 Å². The normalized spacial score (nSPS) is 19.0. The molecule has 6 aromatic rings. The van der Waals surface area contributed by atoms with Gasteiger partial charge in [0.1, 0.15) is 17.1 Å². The third-order valence-electron chi connectivity index (χ3n) is 10.6. The molecule has 0 saturated carbocycles. The van der Waals surface area contributed by atoms with E-state index < -0.39 is 11.1 Å². The van der Waals surface area contributed by atoms with Crippen molar-refractivity contribution in [1.82, 2.24) is 9.55 Å². The van der Waals surface area contributed by atoms with Gasteiger partial charge in [0.05, 0.1) is 11.1 Å². The second-order valence-corrected chi connectivity index (χ2v) is 15.8. The van der Waals surface area contributed by atoms with E-state index in [1.165, 1.54) is 10.9 Å². The van der Waals surface area contributed by atoms with Crippen LogP contribution in [-0.2, 0) is 36.8 Å². The van der Waals surface area contributed by atoms with Crippen LogP contribution in [0, 0.1) is 25.0 Å². The van der Waals surface area contributed by atoms with Crippen molar-refractivity contribution in [3.8, 4) is 17.2 Å². The minimum atomic E-state index is -0.649. The van der Waals surface area contributed by atoms with Crippen LogP contribution in [-0.4, -0.2) is 21.0 Å². The Balaban J connectivity index is 0.00000448. The van der Waals surface area contributed by atoms with Crippen LogP contribution in [0.2, 0.25) is 0 Å². The summed E-state index contributed by atoms with van der Waals surface area (Å²) in [7, 11) is 0. The van der Waals surface area contributed by atoms with Crippen molar-refractivity contribution < 1.29 is 30.5 Å². The van der Waals surface area contributed by atoms with Crippen LogP contribution in [0.3, 0.4) is 0 Å². The minimum Gasteiger partial charge on any atom is -0.508 e. The Morgan fingerprint density at radius 2 is 1.55 bits per heavy atom. The standard InChI is InChI=1S/C45H47N3O2.Pt/c1-28(2)31-23-32(42-47-44(9,29(3)4)45(10,50-42)33-15-12-11-13-16-33)25-37(24-31)49-36-22-30(5)21-35(27-36)48-40-19-18-34(43(6,7)8)26-39(40)38-17-14-20-46-41(38)48;/h11-24,26,28-29H,1-10H3;/q-2;+2/t44-,45-;/m1./s1. The summed E-state index contributed by atoms with van der Waals surface area (Å²) in [5.74, 6) is 2.27. The number of hydrogen-bond acceptors (Lipinski definition) is 4. The molecule has 264 valence electrons. The second-order valence-electron chi connectivity index (χ2n) is 15.8. The van der Waals surface area contributed by atoms with Gasteiger partial charge in [0.2, 0.25) is 0 Å². The van der Waals surface area contributed by atoms with E-state index >= 15 is 0 Å². The Bertz CT molecular complexity index is 2260. The molecule has 1 aliphatic heterocycles. The first-order chi connectivity index (χ1) is 23.7. The number of ether oxygens (including phenoxy) is 2. The predicted octanol–water partition coefficient (Wildman–Crippen LogP) is 11.4. The largest absolute Gasteiger partial charge is 2.00 e. The summed E-state index contributed by atoms with van der Waals surface area (Å²) in [5.41, 5.74) is 7.09. The van der Waals surface area contributed by atoms with Crippen LogP contribution in [0.4, 0.5) is 0 Å². The third-order valence-corrected chi connectivity index (χ3v) is 10.6. The van der Waals surface area contributed by atoms with E-state index in [2.05, 4.69) is 153 Å². The molecule has 6 heteroatoms. The molecule has 5 nitrogen and oxygen atoms in total. The first kappa shape index (κ1) is 36.6. The Morgan fingerprint density at radius 1 is 0.824 bits per heavy atom. The second kappa shape index (κ2) is 13.4. The molecule has 0 aliphatic carbocycles. The van der Waals surface area contributed by atoms with Crippen molar-refractivity contribution in [2.45, 2.75) is 91.7 Å². The summed E-state index contributed by atoms with van der Waals surface area (Å²) >= 11 is 0. The molecule has 2 aromatic heterocycles. The van der Waals surface area contributed by atoms with E-state index in [9.17, 15) is 0 Å². The maximum atomic E-state index is 6.88. The average Bonchev–Trinajstić information content (AvgIpc) is 3.56. The van der Waals surface area contributed by atoms with Gasteiger partial charge in [0.25, 0.3) is 0 Å². The van der Waals surface area contributed by atoms with Gasteiger partial charge < -0.3 is 14.0 Å². The van der Waals surface area contributed by atoms with E-state index in [1.807, 2.05) is 24.4 Å². The van der Waals surface area contributed by atoms with Gasteiger partial charge in [-0.05, 0) is 66.5 Å². The minimum absolute atomic E-state index is 0. The molecule has 0 saturated heterocycles. The van der Waals surface area contributed by atoms with Crippen LogP contribution in [0.15, 0.2) is 96.1 Å². The van der Waals surface area contributed by atoms with Gasteiger partial charge in [-0.15, -0.1) is 29.8 Å². The van der Waals surface area contributed by atoms with Crippen molar-refractivity contribution in [3.05, 3.63) is 131 Å². The van der Waals surface area contributed by atoms with Crippen molar-refractivity contribution in [2.75, 3.05) is 0 Å². The monoisotopic (exact) mass is 856 g/mol. The van der Waals surface area contributed by atoms with Gasteiger partial charge in [-0.25, -0.2) is 4.98 Å². The fourth-order valence-corrected chi connectivity index (χ4v) is 7.12. The molecular formula is C45H47N3O2Pt. The molecule has 1 aliphatic rings. The number of aromatic nitrogens is 2. The van der Waals surface area contributed by atoms with Crippen LogP contribution in [0.5, 0.6) is 11.5 Å². The van der Waals surface area contributed by atoms with Crippen LogP contribution < -0.4 is 4.74 Å². The summed E-state index contributed by atoms with van der Waals surface area (Å²) < 4.78 is 15.7. The number of aryl methyl sites for hydroxylation is 1. The topological polar surface area (TPSA) is 48.6 Å². The predicted molar refractivity (Wildman–Crippen MR) is 205 cm³/mol. The number of hydrogen-bond donors (Lipinski definition) is 0. The number of pyridine rings is 1. The number of benzene rings is 4. The van der Waals surface area contributed by atoms with Gasteiger partial charge >= 0.3 is 21.1 Å². The quantitative estimate of drug-likeness (QED) is 0.150. The van der Waals surface area contributed by atoms with Crippen molar-refractivity contribution in [1.29, 1.82) is 0 Å². The molecular weight excluding hydrogens is 810 g/mol. The maximum Gasteiger partial charge on any atom is 2.00 e.